The van der Waals surface area contributed by atoms with Gasteiger partial charge >= 0.3 is 5.97 Å². The Labute approximate surface area is 58.4 Å². The van der Waals surface area contributed by atoms with Gasteiger partial charge in [-0.1, -0.05) is 0 Å². The standard InChI is InChI=1S/C6H9NO3/c1-4-3-10-7-6(4,2)5(8)9/h3,7H,1-2H3,(H,8,9). The van der Waals surface area contributed by atoms with Crippen LogP contribution in [0.25, 0.3) is 0 Å². The summed E-state index contributed by atoms with van der Waals surface area (Å²) in [6, 6.07) is 0. The van der Waals surface area contributed by atoms with Crippen LogP contribution in [0.5, 0.6) is 0 Å². The second-order valence-electron chi connectivity index (χ2n) is 2.45. The number of carbonyl (C=O) groups is 1. The molecule has 10 heavy (non-hydrogen) atoms. The van der Waals surface area contributed by atoms with Gasteiger partial charge in [-0.15, -0.1) is 5.48 Å². The number of aliphatic carboxylic acids is 1. The number of hydrogen-bond donors (Lipinski definition) is 2. The van der Waals surface area contributed by atoms with Gasteiger partial charge in [0.05, 0.1) is 0 Å². The van der Waals surface area contributed by atoms with Gasteiger partial charge in [0.25, 0.3) is 0 Å². The van der Waals surface area contributed by atoms with Crippen molar-refractivity contribution in [3.05, 3.63) is 11.8 Å². The summed E-state index contributed by atoms with van der Waals surface area (Å²) in [6.45, 7) is 3.25. The normalized spacial score (nSPS) is 31.2. The summed E-state index contributed by atoms with van der Waals surface area (Å²) in [5, 5.41) is 8.66. The molecule has 1 heterocycles. The maximum atomic E-state index is 10.6. The van der Waals surface area contributed by atoms with Gasteiger partial charge in [0.2, 0.25) is 0 Å². The first-order valence-corrected chi connectivity index (χ1v) is 2.91. The molecule has 0 aliphatic carbocycles. The van der Waals surface area contributed by atoms with Crippen molar-refractivity contribution < 1.29 is 14.7 Å². The zero-order valence-corrected chi connectivity index (χ0v) is 5.84. The van der Waals surface area contributed by atoms with Gasteiger partial charge in [-0.25, -0.2) is 4.79 Å². The lowest BCUT2D eigenvalue weighted by atomic mass is 9.96. The Morgan fingerprint density at radius 3 is 2.70 bits per heavy atom. The van der Waals surface area contributed by atoms with Gasteiger partial charge in [0.1, 0.15) is 6.26 Å². The van der Waals surface area contributed by atoms with E-state index in [-0.39, 0.29) is 0 Å². The van der Waals surface area contributed by atoms with Crippen LogP contribution in [0.4, 0.5) is 0 Å². The van der Waals surface area contributed by atoms with Crippen LogP contribution in [0.15, 0.2) is 11.8 Å². The quantitative estimate of drug-likeness (QED) is 0.553. The van der Waals surface area contributed by atoms with Crippen molar-refractivity contribution in [1.29, 1.82) is 0 Å². The van der Waals surface area contributed by atoms with Crippen molar-refractivity contribution >= 4 is 5.97 Å². The van der Waals surface area contributed by atoms with E-state index in [2.05, 4.69) is 10.3 Å². The average Bonchev–Trinajstić information content (AvgIpc) is 2.15. The molecule has 1 unspecified atom stereocenters. The maximum absolute atomic E-state index is 10.6. The van der Waals surface area contributed by atoms with E-state index in [0.29, 0.717) is 5.57 Å². The number of rotatable bonds is 1. The number of hydroxylamine groups is 1. The van der Waals surface area contributed by atoms with Crippen LogP contribution in [0.3, 0.4) is 0 Å². The first-order chi connectivity index (χ1) is 4.57. The van der Waals surface area contributed by atoms with Crippen LogP contribution in [-0.2, 0) is 9.63 Å². The summed E-state index contributed by atoms with van der Waals surface area (Å²) in [5.74, 6) is -0.932. The van der Waals surface area contributed by atoms with Crippen LogP contribution in [-0.4, -0.2) is 16.6 Å². The van der Waals surface area contributed by atoms with Gasteiger partial charge in [-0.2, -0.15) is 0 Å². The minimum absolute atomic E-state index is 0.667. The highest BCUT2D eigenvalue weighted by Gasteiger charge is 2.39. The van der Waals surface area contributed by atoms with Crippen LogP contribution in [0.2, 0.25) is 0 Å². The number of carboxylic acids is 1. The second kappa shape index (κ2) is 1.98. The maximum Gasteiger partial charge on any atom is 0.331 e. The van der Waals surface area contributed by atoms with Crippen molar-refractivity contribution in [1.82, 2.24) is 5.48 Å². The molecule has 0 saturated heterocycles. The molecule has 1 aliphatic rings. The van der Waals surface area contributed by atoms with Crippen molar-refractivity contribution in [3.63, 3.8) is 0 Å². The third-order valence-corrected chi connectivity index (χ3v) is 1.72. The van der Waals surface area contributed by atoms with Gasteiger partial charge in [-0.3, -0.25) is 0 Å². The van der Waals surface area contributed by atoms with E-state index >= 15 is 0 Å². The van der Waals surface area contributed by atoms with E-state index in [9.17, 15) is 4.79 Å². The first kappa shape index (κ1) is 7.08. The lowest BCUT2D eigenvalue weighted by Gasteiger charge is -2.17. The number of nitrogens with one attached hydrogen (secondary N) is 1. The minimum Gasteiger partial charge on any atom is -0.480 e. The molecule has 0 fully saturated rings. The van der Waals surface area contributed by atoms with Gasteiger partial charge in [0, 0.05) is 0 Å². The third kappa shape index (κ3) is 0.769. The average molecular weight is 143 g/mol. The Balaban J connectivity index is 2.89. The van der Waals surface area contributed by atoms with E-state index < -0.39 is 11.5 Å². The topological polar surface area (TPSA) is 58.6 Å². The van der Waals surface area contributed by atoms with E-state index in [1.165, 1.54) is 6.26 Å². The molecule has 0 bridgehead atoms. The molecule has 1 atom stereocenters. The summed E-state index contributed by atoms with van der Waals surface area (Å²) in [7, 11) is 0. The Bertz CT molecular complexity index is 199. The summed E-state index contributed by atoms with van der Waals surface area (Å²) >= 11 is 0. The molecule has 0 amide bonds. The van der Waals surface area contributed by atoms with Crippen molar-refractivity contribution in [2.45, 2.75) is 19.4 Å². The van der Waals surface area contributed by atoms with E-state index in [1.807, 2.05) is 0 Å². The van der Waals surface area contributed by atoms with E-state index in [1.54, 1.807) is 13.8 Å². The van der Waals surface area contributed by atoms with Crippen LogP contribution in [0.1, 0.15) is 13.8 Å². The molecule has 0 spiro atoms. The lowest BCUT2D eigenvalue weighted by Crippen LogP contribution is -2.46. The predicted molar refractivity (Wildman–Crippen MR) is 34.0 cm³/mol. The fraction of sp³-hybridized carbons (Fsp3) is 0.500. The van der Waals surface area contributed by atoms with E-state index in [0.717, 1.165) is 0 Å². The predicted octanol–water partition coefficient (Wildman–Crippen LogP) is 0.268. The van der Waals surface area contributed by atoms with Crippen molar-refractivity contribution in [3.8, 4) is 0 Å². The molecule has 4 heteroatoms. The van der Waals surface area contributed by atoms with Gasteiger partial charge in [-0.05, 0) is 19.4 Å². The van der Waals surface area contributed by atoms with E-state index in [4.69, 9.17) is 5.11 Å². The van der Waals surface area contributed by atoms with Crippen LogP contribution >= 0.6 is 0 Å². The molecule has 2 N–H and O–H groups in total. The molecular weight excluding hydrogens is 134 g/mol. The summed E-state index contributed by atoms with van der Waals surface area (Å²) < 4.78 is 0. The molecule has 0 aromatic rings. The van der Waals surface area contributed by atoms with Gasteiger partial charge in [0.15, 0.2) is 5.54 Å². The molecule has 1 aliphatic heterocycles. The van der Waals surface area contributed by atoms with Crippen molar-refractivity contribution in [2.24, 2.45) is 0 Å². The first-order valence-electron chi connectivity index (χ1n) is 2.91. The highest BCUT2D eigenvalue weighted by atomic mass is 16.7. The Morgan fingerprint density at radius 2 is 2.50 bits per heavy atom. The number of carboxylic acid groups (broad SMARTS) is 1. The monoisotopic (exact) mass is 143 g/mol. The molecule has 0 aromatic heterocycles. The highest BCUT2D eigenvalue weighted by molar-refractivity contribution is 5.82. The molecule has 4 nitrogen and oxygen atoms in total. The fourth-order valence-electron chi connectivity index (χ4n) is 0.646. The molecule has 0 radical (unpaired) electrons. The SMILES string of the molecule is CC1=CONC1(C)C(=O)O. The summed E-state index contributed by atoms with van der Waals surface area (Å²) in [4.78, 5) is 15.2. The fourth-order valence-corrected chi connectivity index (χ4v) is 0.646. The third-order valence-electron chi connectivity index (χ3n) is 1.72. The molecule has 0 aromatic carbocycles. The zero-order chi connectivity index (χ0) is 7.78. The van der Waals surface area contributed by atoms with Crippen LogP contribution in [0, 0.1) is 0 Å². The number of hydrogen-bond acceptors (Lipinski definition) is 3. The highest BCUT2D eigenvalue weighted by Crippen LogP contribution is 2.20. The Hall–Kier alpha value is -1.03. The Kier molecular flexibility index (Phi) is 1.40. The van der Waals surface area contributed by atoms with Crippen LogP contribution < -0.4 is 5.48 Å². The second-order valence-corrected chi connectivity index (χ2v) is 2.45. The lowest BCUT2D eigenvalue weighted by molar-refractivity contribution is -0.145. The minimum atomic E-state index is -1.04. The largest absolute Gasteiger partial charge is 0.480 e. The molecule has 56 valence electrons. The van der Waals surface area contributed by atoms with Gasteiger partial charge < -0.3 is 9.94 Å². The summed E-state index contributed by atoms with van der Waals surface area (Å²) in [6.07, 6.45) is 1.40. The van der Waals surface area contributed by atoms with Crippen molar-refractivity contribution in [2.75, 3.05) is 0 Å². The molecule has 0 saturated carbocycles. The Morgan fingerprint density at radius 1 is 1.90 bits per heavy atom. The molecular formula is C6H9NO3. The zero-order valence-electron chi connectivity index (χ0n) is 5.84. The smallest absolute Gasteiger partial charge is 0.331 e. The summed E-state index contributed by atoms with van der Waals surface area (Å²) in [5.41, 5.74) is 2.02. The molecule has 1 rings (SSSR count).